The van der Waals surface area contributed by atoms with Gasteiger partial charge in [-0.2, -0.15) is 0 Å². The van der Waals surface area contributed by atoms with E-state index in [0.29, 0.717) is 0 Å². The van der Waals surface area contributed by atoms with Crippen LogP contribution < -0.4 is 10.6 Å². The molecule has 0 aromatic heterocycles. The summed E-state index contributed by atoms with van der Waals surface area (Å²) >= 11 is 0. The lowest BCUT2D eigenvalue weighted by molar-refractivity contribution is -0.378. The van der Waals surface area contributed by atoms with Crippen molar-refractivity contribution in [3.05, 3.63) is 0 Å². The van der Waals surface area contributed by atoms with Crippen LogP contribution in [0.15, 0.2) is 0 Å². The molecule has 4 fully saturated rings. The summed E-state index contributed by atoms with van der Waals surface area (Å²) < 4.78 is 39.8. The molecular formula is C29H50N2O20. The van der Waals surface area contributed by atoms with Gasteiger partial charge in [0.15, 0.2) is 18.9 Å². The molecule has 4 aliphatic rings. The third kappa shape index (κ3) is 9.13. The second-order valence-electron chi connectivity index (χ2n) is 12.9. The minimum absolute atomic E-state index is 0.500. The minimum Gasteiger partial charge on any atom is -0.394 e. The van der Waals surface area contributed by atoms with E-state index in [0.717, 1.165) is 6.92 Å². The Morgan fingerprint density at radius 1 is 0.490 bits per heavy atom. The van der Waals surface area contributed by atoms with Gasteiger partial charge in [0.25, 0.3) is 0 Å². The van der Waals surface area contributed by atoms with Gasteiger partial charge in [0.05, 0.1) is 38.6 Å². The summed E-state index contributed by atoms with van der Waals surface area (Å²) in [6.45, 7) is 0.642. The average Bonchev–Trinajstić information content (AvgIpc) is 3.09. The highest BCUT2D eigenvalue weighted by molar-refractivity contribution is 5.73. The standard InChI is InChI=1S/C29H50N2O20/c1-8-15(30-9(2)36)19(40)24(13(6-34)45-8)49-27-16(31-10(3)37)20(41)25(14(7-35)48-27)50-29-23(44)26(18(39)12(5-33)47-29)51-28-22(43)21(42)17(38)11(4-32)46-28/h8,11-29,32-35,38-44H,4-7H2,1-3H3,(H,30,36)(H,31,37)/t8-,11?,12?,13?,14?,15?,16+,17?,18+,19?,20?,21?,22?,23?,24+,25+,26?,27-,28?,29-/m0/s1. The van der Waals surface area contributed by atoms with E-state index in [4.69, 9.17) is 33.2 Å². The molecule has 13 N–H and O–H groups in total. The normalized spacial score (nSPS) is 47.8. The van der Waals surface area contributed by atoms with Gasteiger partial charge >= 0.3 is 0 Å². The van der Waals surface area contributed by atoms with Crippen molar-refractivity contribution in [1.82, 2.24) is 10.6 Å². The summed E-state index contributed by atoms with van der Waals surface area (Å²) in [6, 6.07) is -2.54. The maximum absolute atomic E-state index is 12.3. The molecule has 4 rings (SSSR count). The van der Waals surface area contributed by atoms with Crippen LogP contribution in [-0.2, 0) is 42.7 Å². The van der Waals surface area contributed by atoms with Gasteiger partial charge in [-0.15, -0.1) is 0 Å². The number of rotatable bonds is 12. The summed E-state index contributed by atoms with van der Waals surface area (Å²) in [5.41, 5.74) is 0. The van der Waals surface area contributed by atoms with Crippen LogP contribution in [0.2, 0.25) is 0 Å². The number of aliphatic hydroxyl groups is 11. The van der Waals surface area contributed by atoms with Crippen LogP contribution in [0.25, 0.3) is 0 Å². The van der Waals surface area contributed by atoms with Gasteiger partial charge in [0, 0.05) is 13.8 Å². The Bertz CT molecular complexity index is 1140. The summed E-state index contributed by atoms with van der Waals surface area (Å²) in [4.78, 5) is 24.0. The number of hydrogen-bond donors (Lipinski definition) is 13. The summed E-state index contributed by atoms with van der Waals surface area (Å²) in [5, 5.41) is 120. The highest BCUT2D eigenvalue weighted by Crippen LogP contribution is 2.34. The van der Waals surface area contributed by atoms with Crippen LogP contribution in [0.1, 0.15) is 20.8 Å². The van der Waals surface area contributed by atoms with Crippen LogP contribution in [0.5, 0.6) is 0 Å². The largest absolute Gasteiger partial charge is 0.394 e. The van der Waals surface area contributed by atoms with Crippen molar-refractivity contribution in [2.24, 2.45) is 0 Å². The summed E-state index contributed by atoms with van der Waals surface area (Å²) in [5.74, 6) is -1.20. The number of carbonyl (C=O) groups excluding carboxylic acids is 2. The highest BCUT2D eigenvalue weighted by Gasteiger charge is 2.55. The molecule has 4 saturated heterocycles. The molecule has 0 saturated carbocycles. The van der Waals surface area contributed by atoms with Gasteiger partial charge in [-0.05, 0) is 6.92 Å². The smallest absolute Gasteiger partial charge is 0.217 e. The fourth-order valence-corrected chi connectivity index (χ4v) is 6.60. The van der Waals surface area contributed by atoms with Crippen molar-refractivity contribution >= 4 is 11.8 Å². The van der Waals surface area contributed by atoms with E-state index < -0.39 is 161 Å². The Kier molecular flexibility index (Phi) is 14.8. The first-order valence-electron chi connectivity index (χ1n) is 16.4. The van der Waals surface area contributed by atoms with E-state index in [9.17, 15) is 65.8 Å². The van der Waals surface area contributed by atoms with Crippen molar-refractivity contribution < 1.29 is 98.9 Å². The van der Waals surface area contributed by atoms with Crippen LogP contribution >= 0.6 is 0 Å². The first-order valence-corrected chi connectivity index (χ1v) is 16.4. The Morgan fingerprint density at radius 3 is 1.43 bits per heavy atom. The predicted molar refractivity (Wildman–Crippen MR) is 161 cm³/mol. The number of ether oxygens (including phenoxy) is 7. The Labute approximate surface area is 291 Å². The molecule has 0 aromatic carbocycles. The van der Waals surface area contributed by atoms with Gasteiger partial charge in [0.1, 0.15) is 91.5 Å². The monoisotopic (exact) mass is 746 g/mol. The quantitative estimate of drug-likeness (QED) is 0.0881. The molecule has 0 aromatic rings. The number of nitrogens with one attached hydrogen (secondary N) is 2. The molecule has 22 nitrogen and oxygen atoms in total. The molecule has 2 amide bonds. The van der Waals surface area contributed by atoms with Crippen LogP contribution in [0.4, 0.5) is 0 Å². The van der Waals surface area contributed by atoms with Crippen molar-refractivity contribution in [3.8, 4) is 0 Å². The van der Waals surface area contributed by atoms with Gasteiger partial charge in [-0.25, -0.2) is 0 Å². The number of aliphatic hydroxyl groups excluding tert-OH is 11. The van der Waals surface area contributed by atoms with E-state index in [1.807, 2.05) is 0 Å². The lowest BCUT2D eigenvalue weighted by Crippen LogP contribution is -2.70. The zero-order valence-corrected chi connectivity index (χ0v) is 28.0. The molecule has 51 heavy (non-hydrogen) atoms. The number of amides is 2. The van der Waals surface area contributed by atoms with Gasteiger partial charge in [-0.3, -0.25) is 9.59 Å². The van der Waals surface area contributed by atoms with E-state index in [1.165, 1.54) is 6.92 Å². The van der Waals surface area contributed by atoms with Crippen LogP contribution in [0.3, 0.4) is 0 Å². The zero-order chi connectivity index (χ0) is 37.9. The molecule has 4 aliphatic heterocycles. The third-order valence-electron chi connectivity index (χ3n) is 9.28. The van der Waals surface area contributed by atoms with Crippen molar-refractivity contribution in [2.45, 2.75) is 143 Å². The van der Waals surface area contributed by atoms with Crippen LogP contribution in [-0.4, -0.2) is 217 Å². The summed E-state index contributed by atoms with van der Waals surface area (Å²) in [6.07, 6.45) is -29.4. The Morgan fingerprint density at radius 2 is 0.902 bits per heavy atom. The minimum atomic E-state index is -2.01. The summed E-state index contributed by atoms with van der Waals surface area (Å²) in [7, 11) is 0. The zero-order valence-electron chi connectivity index (χ0n) is 28.0. The first kappa shape index (κ1) is 42.0. The van der Waals surface area contributed by atoms with E-state index in [1.54, 1.807) is 6.92 Å². The molecule has 20 atom stereocenters. The van der Waals surface area contributed by atoms with Crippen LogP contribution in [0, 0.1) is 0 Å². The maximum Gasteiger partial charge on any atom is 0.217 e. The average molecular weight is 747 g/mol. The number of hydrogen-bond acceptors (Lipinski definition) is 20. The maximum atomic E-state index is 12.3. The highest BCUT2D eigenvalue weighted by atomic mass is 16.8. The molecule has 296 valence electrons. The third-order valence-corrected chi connectivity index (χ3v) is 9.28. The molecule has 22 heteroatoms. The molecule has 0 aliphatic carbocycles. The van der Waals surface area contributed by atoms with E-state index >= 15 is 0 Å². The second-order valence-corrected chi connectivity index (χ2v) is 12.9. The lowest BCUT2D eigenvalue weighted by atomic mass is 9.92. The molecule has 0 bridgehead atoms. The fourth-order valence-electron chi connectivity index (χ4n) is 6.60. The van der Waals surface area contributed by atoms with Gasteiger partial charge in [0.2, 0.25) is 11.8 Å². The Hall–Kier alpha value is -1.78. The van der Waals surface area contributed by atoms with Gasteiger partial charge < -0.3 is 100.0 Å². The molecule has 13 unspecified atom stereocenters. The van der Waals surface area contributed by atoms with E-state index in [-0.39, 0.29) is 0 Å². The Balaban J connectivity index is 1.56. The van der Waals surface area contributed by atoms with Crippen molar-refractivity contribution in [3.63, 3.8) is 0 Å². The SMILES string of the molecule is CC(=O)NC1C(O)[C@H](O[C@@H]2OC(CO)[C@@H](O[C@@H]3OC(CO)[C@@H](O)C(OC4OC(CO)C(O)C(O)C4O)C3O)C(O)[C@H]2NC(C)=O)C(CO)O[C@H]1C. The fraction of sp³-hybridized carbons (Fsp3) is 0.931. The van der Waals surface area contributed by atoms with Crippen molar-refractivity contribution in [1.29, 1.82) is 0 Å². The topological polar surface area (TPSA) is 345 Å². The van der Waals surface area contributed by atoms with E-state index in [2.05, 4.69) is 10.6 Å². The second kappa shape index (κ2) is 18.0. The number of carbonyl (C=O) groups is 2. The molecule has 0 spiro atoms. The molecular weight excluding hydrogens is 696 g/mol. The first-order chi connectivity index (χ1) is 24.1. The predicted octanol–water partition coefficient (Wildman–Crippen LogP) is -8.39. The van der Waals surface area contributed by atoms with Crippen molar-refractivity contribution in [2.75, 3.05) is 26.4 Å². The lowest BCUT2D eigenvalue weighted by Gasteiger charge is -2.50. The van der Waals surface area contributed by atoms with Gasteiger partial charge in [-0.1, -0.05) is 0 Å². The molecule has 4 heterocycles. The molecule has 0 radical (unpaired) electrons.